The van der Waals surface area contributed by atoms with Gasteiger partial charge in [-0.15, -0.1) is 0 Å². The van der Waals surface area contributed by atoms with Crippen molar-refractivity contribution in [2.75, 3.05) is 19.6 Å². The number of carbonyl (C=O) groups is 1. The highest BCUT2D eigenvalue weighted by Crippen LogP contribution is 2.35. The van der Waals surface area contributed by atoms with Crippen LogP contribution in [0.5, 0.6) is 0 Å². The number of nitro groups is 1. The Labute approximate surface area is 227 Å². The molecule has 1 saturated heterocycles. The van der Waals surface area contributed by atoms with Gasteiger partial charge in [0, 0.05) is 36.5 Å². The van der Waals surface area contributed by atoms with Crippen LogP contribution >= 0.6 is 11.6 Å². The molecule has 3 aromatic carbocycles. The van der Waals surface area contributed by atoms with Crippen LogP contribution in [-0.4, -0.2) is 46.1 Å². The number of piperidine rings is 1. The molecule has 0 spiro atoms. The van der Waals surface area contributed by atoms with Crippen molar-refractivity contribution in [3.63, 3.8) is 0 Å². The molecule has 5 rings (SSSR count). The molecular weight excluding hydrogens is 500 g/mol. The molecule has 1 fully saturated rings. The van der Waals surface area contributed by atoms with Crippen LogP contribution in [0.15, 0.2) is 84.0 Å². The fraction of sp³-hybridized carbons (Fsp3) is 0.333. The summed E-state index contributed by atoms with van der Waals surface area (Å²) in [5.41, 5.74) is 3.76. The van der Waals surface area contributed by atoms with Gasteiger partial charge in [0.25, 0.3) is 5.69 Å². The number of likely N-dealkylation sites (tertiary alicyclic amines) is 1. The molecule has 2 aliphatic heterocycles. The molecule has 0 aromatic heterocycles. The largest absolute Gasteiger partial charge is 0.303 e. The average molecular weight is 531 g/mol. The average Bonchev–Trinajstić information content (AvgIpc) is 3.39. The zero-order valence-corrected chi connectivity index (χ0v) is 22.0. The Kier molecular flexibility index (Phi) is 8.15. The van der Waals surface area contributed by atoms with Crippen molar-refractivity contribution < 1.29 is 9.72 Å². The molecule has 38 heavy (non-hydrogen) atoms. The van der Waals surface area contributed by atoms with Crippen LogP contribution in [0.4, 0.5) is 5.69 Å². The monoisotopic (exact) mass is 530 g/mol. The lowest BCUT2D eigenvalue weighted by Crippen LogP contribution is -2.37. The Balaban J connectivity index is 1.24. The molecule has 196 valence electrons. The Morgan fingerprint density at radius 3 is 2.45 bits per heavy atom. The number of hydrazone groups is 1. The van der Waals surface area contributed by atoms with Crippen molar-refractivity contribution in [1.82, 2.24) is 9.91 Å². The van der Waals surface area contributed by atoms with Gasteiger partial charge in [0.15, 0.2) is 0 Å². The molecule has 1 unspecified atom stereocenters. The standard InChI is InChI=1S/C30H31ClN4O3/c31-26-11-9-24(10-12-26)28-21-29(25-7-4-8-27(20-25)35(37)38)34(32-28)30(36)15-18-33-16-13-23(14-17-33)19-22-5-2-1-3-6-22/h1-12,20,23,29H,13-19,21H2. The predicted molar refractivity (Wildman–Crippen MR) is 149 cm³/mol. The van der Waals surface area contributed by atoms with Gasteiger partial charge >= 0.3 is 0 Å². The third-order valence-corrected chi connectivity index (χ3v) is 7.78. The molecule has 1 amide bonds. The summed E-state index contributed by atoms with van der Waals surface area (Å²) in [5, 5.41) is 18.3. The summed E-state index contributed by atoms with van der Waals surface area (Å²) in [6.07, 6.45) is 4.20. The molecule has 3 aromatic rings. The van der Waals surface area contributed by atoms with Crippen LogP contribution in [0.25, 0.3) is 0 Å². The number of non-ortho nitro benzene ring substituents is 1. The van der Waals surface area contributed by atoms with E-state index in [4.69, 9.17) is 16.7 Å². The second-order valence-electron chi connectivity index (χ2n) is 10.1. The number of nitrogens with zero attached hydrogens (tertiary/aromatic N) is 4. The molecule has 0 aliphatic carbocycles. The number of rotatable bonds is 8. The van der Waals surface area contributed by atoms with E-state index in [1.807, 2.05) is 18.2 Å². The van der Waals surface area contributed by atoms with Gasteiger partial charge in [-0.25, -0.2) is 5.01 Å². The molecule has 2 heterocycles. The maximum absolute atomic E-state index is 13.5. The molecule has 0 saturated carbocycles. The SMILES string of the molecule is O=C(CCN1CCC(Cc2ccccc2)CC1)N1N=C(c2ccc(Cl)cc2)CC1c1cccc([N+](=O)[O-])c1. The Bertz CT molecular complexity index is 1300. The maximum Gasteiger partial charge on any atom is 0.269 e. The molecule has 0 radical (unpaired) electrons. The van der Waals surface area contributed by atoms with Crippen LogP contribution in [0, 0.1) is 16.0 Å². The van der Waals surface area contributed by atoms with E-state index in [-0.39, 0.29) is 17.6 Å². The third-order valence-electron chi connectivity index (χ3n) is 7.53. The van der Waals surface area contributed by atoms with E-state index >= 15 is 0 Å². The van der Waals surface area contributed by atoms with E-state index in [2.05, 4.69) is 35.2 Å². The van der Waals surface area contributed by atoms with Crippen molar-refractivity contribution in [2.45, 2.75) is 38.1 Å². The quantitative estimate of drug-likeness (QED) is 0.254. The predicted octanol–water partition coefficient (Wildman–Crippen LogP) is 6.27. The van der Waals surface area contributed by atoms with Crippen molar-refractivity contribution in [3.8, 4) is 0 Å². The number of hydrogen-bond donors (Lipinski definition) is 0. The van der Waals surface area contributed by atoms with Gasteiger partial charge in [-0.3, -0.25) is 14.9 Å². The van der Waals surface area contributed by atoms with Gasteiger partial charge in [0.1, 0.15) is 0 Å². The van der Waals surface area contributed by atoms with Crippen LogP contribution < -0.4 is 0 Å². The summed E-state index contributed by atoms with van der Waals surface area (Å²) < 4.78 is 0. The number of halogens is 1. The highest BCUT2D eigenvalue weighted by molar-refractivity contribution is 6.30. The summed E-state index contributed by atoms with van der Waals surface area (Å²) in [6, 6.07) is 24.1. The minimum absolute atomic E-state index is 0.00761. The fourth-order valence-electron chi connectivity index (χ4n) is 5.39. The summed E-state index contributed by atoms with van der Waals surface area (Å²) in [6.45, 7) is 2.65. The minimum atomic E-state index is -0.410. The molecule has 1 atom stereocenters. The molecule has 2 aliphatic rings. The maximum atomic E-state index is 13.5. The molecule has 0 bridgehead atoms. The molecule has 8 heteroatoms. The number of amides is 1. The van der Waals surface area contributed by atoms with Crippen LogP contribution in [0.3, 0.4) is 0 Å². The lowest BCUT2D eigenvalue weighted by atomic mass is 9.90. The highest BCUT2D eigenvalue weighted by Gasteiger charge is 2.34. The van der Waals surface area contributed by atoms with E-state index < -0.39 is 4.92 Å². The number of nitro benzene ring substituents is 1. The van der Waals surface area contributed by atoms with E-state index in [1.165, 1.54) is 16.6 Å². The van der Waals surface area contributed by atoms with Gasteiger partial charge in [-0.05, 0) is 67.1 Å². The Hall–Kier alpha value is -3.55. The molecule has 0 N–H and O–H groups in total. The number of carbonyl (C=O) groups excluding carboxylic acids is 1. The van der Waals surface area contributed by atoms with Gasteiger partial charge in [0.2, 0.25) is 5.91 Å². The van der Waals surface area contributed by atoms with E-state index in [9.17, 15) is 14.9 Å². The zero-order valence-electron chi connectivity index (χ0n) is 21.2. The van der Waals surface area contributed by atoms with Crippen LogP contribution in [0.2, 0.25) is 5.02 Å². The van der Waals surface area contributed by atoms with Gasteiger partial charge in [-0.1, -0.05) is 66.2 Å². The summed E-state index contributed by atoms with van der Waals surface area (Å²) in [5.74, 6) is 0.601. The van der Waals surface area contributed by atoms with Gasteiger partial charge < -0.3 is 4.90 Å². The Morgan fingerprint density at radius 2 is 1.74 bits per heavy atom. The lowest BCUT2D eigenvalue weighted by molar-refractivity contribution is -0.384. The first kappa shape index (κ1) is 26.1. The number of benzene rings is 3. The van der Waals surface area contributed by atoms with Gasteiger partial charge in [0.05, 0.1) is 16.7 Å². The summed E-state index contributed by atoms with van der Waals surface area (Å²) in [7, 11) is 0. The van der Waals surface area contributed by atoms with Crippen molar-refractivity contribution in [3.05, 3.63) is 111 Å². The fourth-order valence-corrected chi connectivity index (χ4v) is 5.52. The van der Waals surface area contributed by atoms with Crippen molar-refractivity contribution in [1.29, 1.82) is 0 Å². The second-order valence-corrected chi connectivity index (χ2v) is 10.5. The van der Waals surface area contributed by atoms with Crippen LogP contribution in [0.1, 0.15) is 48.4 Å². The third kappa shape index (κ3) is 6.29. The first-order valence-corrected chi connectivity index (χ1v) is 13.5. The van der Waals surface area contributed by atoms with Gasteiger partial charge in [-0.2, -0.15) is 5.10 Å². The van der Waals surface area contributed by atoms with Crippen LogP contribution in [-0.2, 0) is 11.2 Å². The summed E-state index contributed by atoms with van der Waals surface area (Å²) in [4.78, 5) is 26.8. The normalized spacial score (nSPS) is 18.4. The zero-order chi connectivity index (χ0) is 26.5. The molecular formula is C30H31ClN4O3. The first-order valence-electron chi connectivity index (χ1n) is 13.1. The highest BCUT2D eigenvalue weighted by atomic mass is 35.5. The second kappa shape index (κ2) is 11.9. The van der Waals surface area contributed by atoms with E-state index in [0.717, 1.165) is 43.6 Å². The smallest absolute Gasteiger partial charge is 0.269 e. The topological polar surface area (TPSA) is 79.0 Å². The van der Waals surface area contributed by atoms with Crippen molar-refractivity contribution >= 4 is 28.9 Å². The van der Waals surface area contributed by atoms with E-state index in [1.54, 1.807) is 24.3 Å². The van der Waals surface area contributed by atoms with E-state index in [0.29, 0.717) is 35.9 Å². The van der Waals surface area contributed by atoms with Crippen molar-refractivity contribution in [2.24, 2.45) is 11.0 Å². The Morgan fingerprint density at radius 1 is 1.00 bits per heavy atom. The number of hydrogen-bond acceptors (Lipinski definition) is 5. The minimum Gasteiger partial charge on any atom is -0.303 e. The molecule has 7 nitrogen and oxygen atoms in total. The first-order chi connectivity index (χ1) is 18.5. The summed E-state index contributed by atoms with van der Waals surface area (Å²) >= 11 is 6.06. The lowest BCUT2D eigenvalue weighted by Gasteiger charge is -2.32.